The van der Waals surface area contributed by atoms with Crippen molar-refractivity contribution in [3.63, 3.8) is 0 Å². The van der Waals surface area contributed by atoms with E-state index in [2.05, 4.69) is 24.8 Å². The summed E-state index contributed by atoms with van der Waals surface area (Å²) in [4.78, 5) is 11.1. The summed E-state index contributed by atoms with van der Waals surface area (Å²) in [6, 6.07) is 6.49. The van der Waals surface area contributed by atoms with Crippen molar-refractivity contribution in [2.75, 3.05) is 4.72 Å². The van der Waals surface area contributed by atoms with Gasteiger partial charge in [0.2, 0.25) is 5.95 Å². The molecule has 4 heterocycles. The zero-order valence-corrected chi connectivity index (χ0v) is 21.2. The number of ether oxygens (including phenoxy) is 1. The summed E-state index contributed by atoms with van der Waals surface area (Å²) in [7, 11) is -2.58. The van der Waals surface area contributed by atoms with Gasteiger partial charge < -0.3 is 4.74 Å². The standard InChI is InChI=1S/C23H15ClF2N6O3S2/c1-32-10-13(8-30-32)15-5-18(14-3-2-4-27-23(14)26)28-9-20(15)35-19-7-17(25)21(6-16(19)24)37(33,34)31-22-11-36-12-29-22/h2-12,31H,1H3. The van der Waals surface area contributed by atoms with Crippen molar-refractivity contribution in [1.29, 1.82) is 0 Å². The Morgan fingerprint density at radius 3 is 2.62 bits per heavy atom. The predicted molar refractivity (Wildman–Crippen MR) is 134 cm³/mol. The van der Waals surface area contributed by atoms with E-state index in [1.165, 1.54) is 40.7 Å². The van der Waals surface area contributed by atoms with E-state index in [4.69, 9.17) is 16.3 Å². The molecular formula is C23H15ClF2N6O3S2. The molecule has 9 nitrogen and oxygen atoms in total. The highest BCUT2D eigenvalue weighted by Gasteiger charge is 2.24. The Morgan fingerprint density at radius 2 is 1.92 bits per heavy atom. The SMILES string of the molecule is Cn1cc(-c2cc(-c3cccnc3F)ncc2Oc2cc(F)c(S(=O)(=O)Nc3cscn3)cc2Cl)cn1. The summed E-state index contributed by atoms with van der Waals surface area (Å²) in [5, 5.41) is 5.45. The van der Waals surface area contributed by atoms with Gasteiger partial charge in [-0.25, -0.2) is 22.8 Å². The van der Waals surface area contributed by atoms with Crippen molar-refractivity contribution in [3.05, 3.63) is 82.8 Å². The summed E-state index contributed by atoms with van der Waals surface area (Å²) in [6.07, 6.45) is 5.92. The number of hydrogen-bond donors (Lipinski definition) is 1. The van der Waals surface area contributed by atoms with E-state index in [-0.39, 0.29) is 33.6 Å². The molecule has 14 heteroatoms. The average Bonchev–Trinajstić information content (AvgIpc) is 3.53. The van der Waals surface area contributed by atoms with Gasteiger partial charge in [-0.3, -0.25) is 14.4 Å². The molecule has 0 fully saturated rings. The summed E-state index contributed by atoms with van der Waals surface area (Å²) >= 11 is 7.47. The van der Waals surface area contributed by atoms with Crippen LogP contribution in [0.15, 0.2) is 70.9 Å². The van der Waals surface area contributed by atoms with Crippen LogP contribution in [0.1, 0.15) is 0 Å². The molecule has 0 bridgehead atoms. The summed E-state index contributed by atoms with van der Waals surface area (Å²) in [5.41, 5.74) is 2.95. The molecule has 1 aromatic carbocycles. The number of hydrogen-bond acceptors (Lipinski definition) is 8. The average molecular weight is 561 g/mol. The number of anilines is 1. The van der Waals surface area contributed by atoms with Crippen LogP contribution in [0.25, 0.3) is 22.4 Å². The van der Waals surface area contributed by atoms with Gasteiger partial charge in [0.05, 0.1) is 34.2 Å². The maximum Gasteiger partial charge on any atom is 0.266 e. The normalized spacial score (nSPS) is 11.5. The maximum atomic E-state index is 15.0. The molecule has 1 N–H and O–H groups in total. The first kappa shape index (κ1) is 24.7. The monoisotopic (exact) mass is 560 g/mol. The highest BCUT2D eigenvalue weighted by molar-refractivity contribution is 7.92. The Bertz CT molecular complexity index is 1710. The lowest BCUT2D eigenvalue weighted by atomic mass is 10.1. The van der Waals surface area contributed by atoms with E-state index >= 15 is 0 Å². The molecule has 0 spiro atoms. The lowest BCUT2D eigenvalue weighted by Crippen LogP contribution is -2.15. The number of rotatable bonds is 7. The number of sulfonamides is 1. The maximum absolute atomic E-state index is 15.0. The topological polar surface area (TPSA) is 112 Å². The van der Waals surface area contributed by atoms with E-state index in [0.29, 0.717) is 11.1 Å². The van der Waals surface area contributed by atoms with E-state index < -0.39 is 26.7 Å². The Hall–Kier alpha value is -3.94. The van der Waals surface area contributed by atoms with Crippen molar-refractivity contribution >= 4 is 38.8 Å². The van der Waals surface area contributed by atoms with Crippen LogP contribution in [-0.2, 0) is 17.1 Å². The molecule has 4 aromatic heterocycles. The fraction of sp³-hybridized carbons (Fsp3) is 0.0435. The third-order valence-electron chi connectivity index (χ3n) is 5.09. The minimum Gasteiger partial charge on any atom is -0.453 e. The van der Waals surface area contributed by atoms with Crippen molar-refractivity contribution in [2.24, 2.45) is 7.05 Å². The van der Waals surface area contributed by atoms with Crippen LogP contribution in [0.2, 0.25) is 5.02 Å². The second-order valence-corrected chi connectivity index (χ2v) is 10.4. The molecule has 0 amide bonds. The Morgan fingerprint density at radius 1 is 1.08 bits per heavy atom. The fourth-order valence-corrected chi connectivity index (χ4v) is 5.31. The van der Waals surface area contributed by atoms with Gasteiger partial charge in [-0.2, -0.15) is 9.49 Å². The van der Waals surface area contributed by atoms with Crippen LogP contribution in [0.4, 0.5) is 14.6 Å². The quantitative estimate of drug-likeness (QED) is 0.261. The molecule has 0 aliphatic carbocycles. The first-order chi connectivity index (χ1) is 17.7. The molecule has 5 aromatic rings. The predicted octanol–water partition coefficient (Wildman–Crippen LogP) is 5.53. The fourth-order valence-electron chi connectivity index (χ4n) is 3.40. The molecule has 0 radical (unpaired) electrons. The van der Waals surface area contributed by atoms with E-state index in [9.17, 15) is 17.2 Å². The molecule has 0 aliphatic rings. The molecule has 0 unspecified atom stereocenters. The van der Waals surface area contributed by atoms with Gasteiger partial charge in [-0.1, -0.05) is 11.6 Å². The molecule has 37 heavy (non-hydrogen) atoms. The lowest BCUT2D eigenvalue weighted by molar-refractivity contribution is 0.473. The molecule has 0 atom stereocenters. The first-order valence-electron chi connectivity index (χ1n) is 10.4. The Labute approximate surface area is 218 Å². The largest absolute Gasteiger partial charge is 0.453 e. The number of halogens is 3. The molecule has 5 rings (SSSR count). The number of aromatic nitrogens is 5. The number of benzene rings is 1. The molecule has 188 valence electrons. The number of nitrogens with one attached hydrogen (secondary N) is 1. The zero-order valence-electron chi connectivity index (χ0n) is 18.8. The van der Waals surface area contributed by atoms with Gasteiger partial charge in [0.1, 0.15) is 16.5 Å². The molecule has 0 saturated heterocycles. The summed E-state index contributed by atoms with van der Waals surface area (Å²) < 4.78 is 64.2. The van der Waals surface area contributed by atoms with Gasteiger partial charge in [-0.15, -0.1) is 11.3 Å². The minimum absolute atomic E-state index is 0.0539. The third kappa shape index (κ3) is 5.14. The van der Waals surface area contributed by atoms with E-state index in [1.807, 2.05) is 0 Å². The number of pyridine rings is 2. The Kier molecular flexibility index (Phi) is 6.58. The molecule has 0 aliphatic heterocycles. The Balaban J connectivity index is 1.53. The van der Waals surface area contributed by atoms with Gasteiger partial charge in [-0.05, 0) is 24.3 Å². The first-order valence-corrected chi connectivity index (χ1v) is 13.2. The van der Waals surface area contributed by atoms with Crippen molar-refractivity contribution in [3.8, 4) is 33.9 Å². The van der Waals surface area contributed by atoms with E-state index in [0.717, 1.165) is 12.1 Å². The number of aryl methyl sites for hydroxylation is 1. The van der Waals surface area contributed by atoms with Crippen LogP contribution in [0, 0.1) is 11.8 Å². The van der Waals surface area contributed by atoms with Crippen LogP contribution < -0.4 is 9.46 Å². The summed E-state index contributed by atoms with van der Waals surface area (Å²) in [6.45, 7) is 0. The van der Waals surface area contributed by atoms with Crippen LogP contribution in [0.5, 0.6) is 11.5 Å². The van der Waals surface area contributed by atoms with Crippen molar-refractivity contribution in [2.45, 2.75) is 4.90 Å². The highest BCUT2D eigenvalue weighted by atomic mass is 35.5. The van der Waals surface area contributed by atoms with Crippen molar-refractivity contribution in [1.82, 2.24) is 24.7 Å². The van der Waals surface area contributed by atoms with Crippen LogP contribution in [-0.4, -0.2) is 33.2 Å². The third-order valence-corrected chi connectivity index (χ3v) is 7.34. The van der Waals surface area contributed by atoms with Gasteiger partial charge in [0.15, 0.2) is 11.6 Å². The van der Waals surface area contributed by atoms with Crippen molar-refractivity contribution < 1.29 is 21.9 Å². The van der Waals surface area contributed by atoms with E-state index in [1.54, 1.807) is 36.3 Å². The minimum atomic E-state index is -4.30. The van der Waals surface area contributed by atoms with Gasteiger partial charge in [0.25, 0.3) is 10.0 Å². The lowest BCUT2D eigenvalue weighted by Gasteiger charge is -2.14. The van der Waals surface area contributed by atoms with Gasteiger partial charge in [0, 0.05) is 42.0 Å². The van der Waals surface area contributed by atoms with Crippen LogP contribution >= 0.6 is 22.9 Å². The number of thiazole rings is 1. The summed E-state index contributed by atoms with van der Waals surface area (Å²) in [5.74, 6) is -1.74. The second kappa shape index (κ2) is 9.84. The second-order valence-electron chi connectivity index (χ2n) is 7.60. The highest BCUT2D eigenvalue weighted by Crippen LogP contribution is 2.39. The van der Waals surface area contributed by atoms with Gasteiger partial charge >= 0.3 is 0 Å². The number of nitrogens with zero attached hydrogens (tertiary/aromatic N) is 5. The smallest absolute Gasteiger partial charge is 0.266 e. The zero-order chi connectivity index (χ0) is 26.2. The molecule has 0 saturated carbocycles. The molecular weight excluding hydrogens is 546 g/mol. The van der Waals surface area contributed by atoms with Crippen LogP contribution in [0.3, 0.4) is 0 Å².